The SMILES string of the molecule is CCCc1c(NN)ncnc1N(CCO)C(C)C. The highest BCUT2D eigenvalue weighted by molar-refractivity contribution is 5.58. The van der Waals surface area contributed by atoms with Gasteiger partial charge in [-0.25, -0.2) is 15.8 Å². The van der Waals surface area contributed by atoms with Crippen molar-refractivity contribution in [1.29, 1.82) is 0 Å². The number of hydrogen-bond donors (Lipinski definition) is 3. The van der Waals surface area contributed by atoms with Crippen LogP contribution in [0.5, 0.6) is 0 Å². The maximum absolute atomic E-state index is 9.17. The summed E-state index contributed by atoms with van der Waals surface area (Å²) in [6, 6.07) is 0.258. The lowest BCUT2D eigenvalue weighted by molar-refractivity contribution is 0.298. The molecule has 6 nitrogen and oxygen atoms in total. The largest absolute Gasteiger partial charge is 0.395 e. The summed E-state index contributed by atoms with van der Waals surface area (Å²) in [5.74, 6) is 7.00. The zero-order valence-electron chi connectivity index (χ0n) is 11.3. The summed E-state index contributed by atoms with van der Waals surface area (Å²) in [5, 5.41) is 9.17. The summed E-state index contributed by atoms with van der Waals surface area (Å²) in [5.41, 5.74) is 3.62. The molecule has 0 radical (unpaired) electrons. The maximum atomic E-state index is 9.17. The van der Waals surface area contributed by atoms with E-state index in [4.69, 9.17) is 10.9 Å². The van der Waals surface area contributed by atoms with Gasteiger partial charge in [0, 0.05) is 18.2 Å². The molecule has 0 aromatic carbocycles. The first-order valence-electron chi connectivity index (χ1n) is 6.33. The number of aliphatic hydroxyl groups is 1. The first-order chi connectivity index (χ1) is 8.65. The standard InChI is InChI=1S/C12H23N5O/c1-4-5-10-11(16-13)14-8-15-12(10)17(6-7-18)9(2)3/h8-9,18H,4-7,13H2,1-3H3,(H,14,15,16). The number of nitrogens with one attached hydrogen (secondary N) is 1. The van der Waals surface area contributed by atoms with Crippen LogP contribution in [0, 0.1) is 0 Å². The lowest BCUT2D eigenvalue weighted by Gasteiger charge is -2.29. The lowest BCUT2D eigenvalue weighted by Crippen LogP contribution is -2.35. The summed E-state index contributed by atoms with van der Waals surface area (Å²) in [6.07, 6.45) is 3.33. The first kappa shape index (κ1) is 14.7. The average Bonchev–Trinajstić information content (AvgIpc) is 2.36. The van der Waals surface area contributed by atoms with Gasteiger partial charge in [0.25, 0.3) is 0 Å². The van der Waals surface area contributed by atoms with E-state index >= 15 is 0 Å². The van der Waals surface area contributed by atoms with Crippen LogP contribution in [0.25, 0.3) is 0 Å². The van der Waals surface area contributed by atoms with Gasteiger partial charge in [-0.2, -0.15) is 0 Å². The fourth-order valence-corrected chi connectivity index (χ4v) is 1.97. The molecule has 0 unspecified atom stereocenters. The number of aliphatic hydroxyl groups excluding tert-OH is 1. The summed E-state index contributed by atoms with van der Waals surface area (Å²) in [4.78, 5) is 10.6. The molecule has 1 heterocycles. The van der Waals surface area contributed by atoms with Crippen LogP contribution in [0.4, 0.5) is 11.6 Å². The Balaban J connectivity index is 3.18. The molecule has 1 aromatic heterocycles. The van der Waals surface area contributed by atoms with Crippen LogP contribution in [0.15, 0.2) is 6.33 Å². The normalized spacial score (nSPS) is 10.8. The Kier molecular flexibility index (Phi) is 5.80. The molecule has 6 heteroatoms. The zero-order valence-corrected chi connectivity index (χ0v) is 11.3. The van der Waals surface area contributed by atoms with Crippen LogP contribution in [-0.2, 0) is 6.42 Å². The van der Waals surface area contributed by atoms with Crippen LogP contribution in [0.1, 0.15) is 32.8 Å². The van der Waals surface area contributed by atoms with Gasteiger partial charge < -0.3 is 15.4 Å². The van der Waals surface area contributed by atoms with Gasteiger partial charge in [-0.05, 0) is 20.3 Å². The summed E-state index contributed by atoms with van der Waals surface area (Å²) >= 11 is 0. The van der Waals surface area contributed by atoms with Gasteiger partial charge in [-0.15, -0.1) is 0 Å². The van der Waals surface area contributed by atoms with Crippen LogP contribution < -0.4 is 16.2 Å². The monoisotopic (exact) mass is 253 g/mol. The predicted octanol–water partition coefficient (Wildman–Crippen LogP) is 0.922. The van der Waals surface area contributed by atoms with Crippen LogP contribution >= 0.6 is 0 Å². The molecule has 0 atom stereocenters. The Labute approximate surface area is 108 Å². The average molecular weight is 253 g/mol. The molecular formula is C12H23N5O. The van der Waals surface area contributed by atoms with E-state index in [0.29, 0.717) is 12.4 Å². The molecule has 1 rings (SSSR count). The van der Waals surface area contributed by atoms with Crippen LogP contribution in [-0.4, -0.2) is 34.3 Å². The second-order valence-electron chi connectivity index (χ2n) is 4.43. The molecule has 0 amide bonds. The van der Waals surface area contributed by atoms with Gasteiger partial charge in [0.2, 0.25) is 0 Å². The number of anilines is 2. The molecule has 0 aliphatic rings. The van der Waals surface area contributed by atoms with E-state index in [1.807, 2.05) is 0 Å². The van der Waals surface area contributed by atoms with Crippen molar-refractivity contribution in [3.63, 3.8) is 0 Å². The van der Waals surface area contributed by atoms with Gasteiger partial charge in [0.15, 0.2) is 0 Å². The maximum Gasteiger partial charge on any atom is 0.148 e. The molecule has 18 heavy (non-hydrogen) atoms. The van der Waals surface area contributed by atoms with Gasteiger partial charge in [0.1, 0.15) is 18.0 Å². The van der Waals surface area contributed by atoms with Crippen molar-refractivity contribution >= 4 is 11.6 Å². The number of nitrogens with zero attached hydrogens (tertiary/aromatic N) is 3. The Morgan fingerprint density at radius 2 is 2.17 bits per heavy atom. The molecule has 0 aliphatic heterocycles. The Morgan fingerprint density at radius 1 is 1.44 bits per heavy atom. The fourth-order valence-electron chi connectivity index (χ4n) is 1.97. The van der Waals surface area contributed by atoms with Crippen molar-refractivity contribution in [2.45, 2.75) is 39.7 Å². The highest BCUT2D eigenvalue weighted by Gasteiger charge is 2.18. The van der Waals surface area contributed by atoms with Crippen molar-refractivity contribution < 1.29 is 5.11 Å². The lowest BCUT2D eigenvalue weighted by atomic mass is 10.1. The summed E-state index contributed by atoms with van der Waals surface area (Å²) in [7, 11) is 0. The van der Waals surface area contributed by atoms with E-state index in [2.05, 4.69) is 41.1 Å². The second-order valence-corrected chi connectivity index (χ2v) is 4.43. The van der Waals surface area contributed by atoms with Crippen LogP contribution in [0.2, 0.25) is 0 Å². The molecule has 0 bridgehead atoms. The van der Waals surface area contributed by atoms with Gasteiger partial charge in [-0.3, -0.25) is 0 Å². The molecule has 0 saturated heterocycles. The molecular weight excluding hydrogens is 230 g/mol. The van der Waals surface area contributed by atoms with Crippen LogP contribution in [0.3, 0.4) is 0 Å². The number of hydrogen-bond acceptors (Lipinski definition) is 6. The number of hydrazine groups is 1. The third-order valence-electron chi connectivity index (χ3n) is 2.80. The summed E-state index contributed by atoms with van der Waals surface area (Å²) in [6.45, 7) is 6.89. The molecule has 102 valence electrons. The van der Waals surface area contributed by atoms with Gasteiger partial charge in [-0.1, -0.05) is 13.3 Å². The third-order valence-corrected chi connectivity index (χ3v) is 2.80. The minimum absolute atomic E-state index is 0.0964. The molecule has 4 N–H and O–H groups in total. The van der Waals surface area contributed by atoms with Gasteiger partial charge >= 0.3 is 0 Å². The number of rotatable bonds is 7. The minimum Gasteiger partial charge on any atom is -0.395 e. The summed E-state index contributed by atoms with van der Waals surface area (Å²) < 4.78 is 0. The Morgan fingerprint density at radius 3 is 2.67 bits per heavy atom. The van der Waals surface area contributed by atoms with Crippen molar-refractivity contribution in [1.82, 2.24) is 9.97 Å². The topological polar surface area (TPSA) is 87.3 Å². The van der Waals surface area contributed by atoms with Crippen molar-refractivity contribution in [3.8, 4) is 0 Å². The quantitative estimate of drug-likeness (QED) is 0.495. The van der Waals surface area contributed by atoms with E-state index in [0.717, 1.165) is 24.2 Å². The highest BCUT2D eigenvalue weighted by Crippen LogP contribution is 2.25. The van der Waals surface area contributed by atoms with E-state index in [1.165, 1.54) is 6.33 Å². The number of aromatic nitrogens is 2. The minimum atomic E-state index is 0.0964. The first-order valence-corrected chi connectivity index (χ1v) is 6.33. The number of nitrogens with two attached hydrogens (primary N) is 1. The second kappa shape index (κ2) is 7.13. The zero-order chi connectivity index (χ0) is 13.5. The van der Waals surface area contributed by atoms with Crippen molar-refractivity contribution in [2.24, 2.45) is 5.84 Å². The fraction of sp³-hybridized carbons (Fsp3) is 0.667. The van der Waals surface area contributed by atoms with E-state index in [9.17, 15) is 0 Å². The van der Waals surface area contributed by atoms with E-state index < -0.39 is 0 Å². The highest BCUT2D eigenvalue weighted by atomic mass is 16.3. The Hall–Kier alpha value is -1.40. The Bertz CT molecular complexity index is 369. The number of nitrogen functional groups attached to an aromatic ring is 1. The van der Waals surface area contributed by atoms with Gasteiger partial charge in [0.05, 0.1) is 6.61 Å². The smallest absolute Gasteiger partial charge is 0.148 e. The molecule has 0 fully saturated rings. The predicted molar refractivity (Wildman–Crippen MR) is 73.4 cm³/mol. The third kappa shape index (κ3) is 3.30. The molecule has 1 aromatic rings. The molecule has 0 spiro atoms. The van der Waals surface area contributed by atoms with Crippen molar-refractivity contribution in [3.05, 3.63) is 11.9 Å². The molecule has 0 saturated carbocycles. The van der Waals surface area contributed by atoms with Crippen molar-refractivity contribution in [2.75, 3.05) is 23.5 Å². The molecule has 0 aliphatic carbocycles. The van der Waals surface area contributed by atoms with E-state index in [-0.39, 0.29) is 12.6 Å². The van der Waals surface area contributed by atoms with E-state index in [1.54, 1.807) is 0 Å².